The first-order valence-corrected chi connectivity index (χ1v) is 9.49. The van der Waals surface area contributed by atoms with E-state index < -0.39 is 0 Å². The first kappa shape index (κ1) is 16.7. The summed E-state index contributed by atoms with van der Waals surface area (Å²) in [6.07, 6.45) is 3.74. The SMILES string of the molecule is Cc1[nH]c2ccccc2c1C(=O)CSc1nccn1Cc1ccccc1. The van der Waals surface area contributed by atoms with Crippen molar-refractivity contribution in [3.63, 3.8) is 0 Å². The number of nitrogens with zero attached hydrogens (tertiary/aromatic N) is 2. The predicted octanol–water partition coefficient (Wildman–Crippen LogP) is 4.70. The summed E-state index contributed by atoms with van der Waals surface area (Å²) < 4.78 is 2.08. The normalized spacial score (nSPS) is 11.1. The van der Waals surface area contributed by atoms with Gasteiger partial charge in [-0.15, -0.1) is 0 Å². The van der Waals surface area contributed by atoms with E-state index in [0.717, 1.165) is 33.9 Å². The Morgan fingerprint density at radius 3 is 2.73 bits per heavy atom. The lowest BCUT2D eigenvalue weighted by Gasteiger charge is -2.07. The van der Waals surface area contributed by atoms with Crippen molar-refractivity contribution in [2.75, 3.05) is 5.75 Å². The summed E-state index contributed by atoms with van der Waals surface area (Å²) in [5, 5.41) is 1.85. The van der Waals surface area contributed by atoms with Crippen LogP contribution in [-0.4, -0.2) is 26.1 Å². The second kappa shape index (κ2) is 7.22. The van der Waals surface area contributed by atoms with Crippen LogP contribution in [0, 0.1) is 6.92 Å². The van der Waals surface area contributed by atoms with E-state index in [2.05, 4.69) is 26.7 Å². The molecule has 4 nitrogen and oxygen atoms in total. The molecule has 0 aliphatic heterocycles. The van der Waals surface area contributed by atoms with Crippen LogP contribution in [0.15, 0.2) is 72.1 Å². The summed E-state index contributed by atoms with van der Waals surface area (Å²) in [6, 6.07) is 18.2. The summed E-state index contributed by atoms with van der Waals surface area (Å²) in [5.74, 6) is 0.494. The molecule has 4 rings (SSSR count). The number of benzene rings is 2. The Morgan fingerprint density at radius 2 is 1.88 bits per heavy atom. The lowest BCUT2D eigenvalue weighted by molar-refractivity contribution is 0.102. The van der Waals surface area contributed by atoms with Gasteiger partial charge in [-0.3, -0.25) is 4.79 Å². The number of imidazole rings is 1. The monoisotopic (exact) mass is 361 g/mol. The van der Waals surface area contributed by atoms with Gasteiger partial charge in [0.1, 0.15) is 0 Å². The number of hydrogen-bond acceptors (Lipinski definition) is 3. The van der Waals surface area contributed by atoms with E-state index in [0.29, 0.717) is 5.75 Å². The number of fused-ring (bicyclic) bond motifs is 1. The molecular formula is C21H19N3OS. The summed E-state index contributed by atoms with van der Waals surface area (Å²) in [6.45, 7) is 2.71. The molecule has 0 saturated carbocycles. The Labute approximate surface area is 156 Å². The Kier molecular flexibility index (Phi) is 4.63. The number of nitrogens with one attached hydrogen (secondary N) is 1. The quantitative estimate of drug-likeness (QED) is 0.400. The molecule has 2 aromatic carbocycles. The molecule has 0 fully saturated rings. The highest BCUT2D eigenvalue weighted by atomic mass is 32.2. The van der Waals surface area contributed by atoms with Gasteiger partial charge in [-0.2, -0.15) is 0 Å². The van der Waals surface area contributed by atoms with Crippen molar-refractivity contribution >= 4 is 28.4 Å². The van der Waals surface area contributed by atoms with Gasteiger partial charge in [-0.1, -0.05) is 60.3 Å². The molecule has 1 N–H and O–H groups in total. The van der Waals surface area contributed by atoms with Gasteiger partial charge in [-0.25, -0.2) is 4.98 Å². The fourth-order valence-corrected chi connectivity index (χ4v) is 4.01. The molecule has 26 heavy (non-hydrogen) atoms. The van der Waals surface area contributed by atoms with E-state index in [9.17, 15) is 4.79 Å². The second-order valence-corrected chi connectivity index (χ2v) is 7.15. The summed E-state index contributed by atoms with van der Waals surface area (Å²) >= 11 is 1.48. The predicted molar refractivity (Wildman–Crippen MR) is 106 cm³/mol. The smallest absolute Gasteiger partial charge is 0.175 e. The highest BCUT2D eigenvalue weighted by Gasteiger charge is 2.17. The standard InChI is InChI=1S/C21H19N3OS/c1-15-20(17-9-5-6-10-18(17)23-15)19(25)14-26-21-22-11-12-24(21)13-16-7-3-2-4-8-16/h2-12,23H,13-14H2,1H3. The number of aromatic amines is 1. The van der Waals surface area contributed by atoms with Gasteiger partial charge in [0, 0.05) is 41.1 Å². The number of hydrogen-bond donors (Lipinski definition) is 1. The molecule has 0 unspecified atom stereocenters. The van der Waals surface area contributed by atoms with Crippen molar-refractivity contribution in [2.45, 2.75) is 18.6 Å². The van der Waals surface area contributed by atoms with E-state index in [-0.39, 0.29) is 5.78 Å². The number of carbonyl (C=O) groups excluding carboxylic acids is 1. The lowest BCUT2D eigenvalue weighted by Crippen LogP contribution is -2.06. The van der Waals surface area contributed by atoms with E-state index in [4.69, 9.17) is 0 Å². The topological polar surface area (TPSA) is 50.7 Å². The Balaban J connectivity index is 1.50. The molecule has 2 heterocycles. The van der Waals surface area contributed by atoms with E-state index in [1.165, 1.54) is 17.3 Å². The van der Waals surface area contributed by atoms with Crippen LogP contribution in [0.4, 0.5) is 0 Å². The maximum Gasteiger partial charge on any atom is 0.175 e. The van der Waals surface area contributed by atoms with Crippen LogP contribution < -0.4 is 0 Å². The molecule has 4 aromatic rings. The summed E-state index contributed by atoms with van der Waals surface area (Å²) in [4.78, 5) is 20.5. The number of ketones is 1. The Hall–Kier alpha value is -2.79. The first-order chi connectivity index (χ1) is 12.7. The minimum atomic E-state index is 0.124. The van der Waals surface area contributed by atoms with Crippen LogP contribution in [0.3, 0.4) is 0 Å². The number of aryl methyl sites for hydroxylation is 1. The Morgan fingerprint density at radius 1 is 1.12 bits per heavy atom. The fraction of sp³-hybridized carbons (Fsp3) is 0.143. The molecule has 0 aliphatic carbocycles. The highest BCUT2D eigenvalue weighted by molar-refractivity contribution is 7.99. The van der Waals surface area contributed by atoms with Gasteiger partial charge in [0.05, 0.1) is 5.75 Å². The number of H-pyrrole nitrogens is 1. The minimum absolute atomic E-state index is 0.124. The van der Waals surface area contributed by atoms with Crippen molar-refractivity contribution in [2.24, 2.45) is 0 Å². The van der Waals surface area contributed by atoms with Crippen molar-refractivity contribution < 1.29 is 4.79 Å². The minimum Gasteiger partial charge on any atom is -0.358 e. The maximum atomic E-state index is 12.8. The zero-order chi connectivity index (χ0) is 17.9. The molecule has 0 saturated heterocycles. The van der Waals surface area contributed by atoms with Crippen molar-refractivity contribution in [3.8, 4) is 0 Å². The Bertz CT molecular complexity index is 1050. The van der Waals surface area contributed by atoms with Crippen LogP contribution in [0.5, 0.6) is 0 Å². The summed E-state index contributed by atoms with van der Waals surface area (Å²) in [7, 11) is 0. The lowest BCUT2D eigenvalue weighted by atomic mass is 10.1. The number of rotatable bonds is 6. The molecule has 2 aromatic heterocycles. The zero-order valence-electron chi connectivity index (χ0n) is 14.5. The molecule has 130 valence electrons. The summed E-state index contributed by atoms with van der Waals surface area (Å²) in [5.41, 5.74) is 3.92. The van der Waals surface area contributed by atoms with Gasteiger partial charge < -0.3 is 9.55 Å². The largest absolute Gasteiger partial charge is 0.358 e. The average molecular weight is 361 g/mol. The van der Waals surface area contributed by atoms with Crippen LogP contribution in [0.1, 0.15) is 21.6 Å². The fourth-order valence-electron chi connectivity index (χ4n) is 3.17. The third-order valence-corrected chi connectivity index (χ3v) is 5.38. The van der Waals surface area contributed by atoms with E-state index >= 15 is 0 Å². The van der Waals surface area contributed by atoms with Crippen LogP contribution in [0.2, 0.25) is 0 Å². The zero-order valence-corrected chi connectivity index (χ0v) is 15.3. The van der Waals surface area contributed by atoms with Crippen molar-refractivity contribution in [1.29, 1.82) is 0 Å². The van der Waals surface area contributed by atoms with Gasteiger partial charge in [0.15, 0.2) is 10.9 Å². The van der Waals surface area contributed by atoms with Crippen LogP contribution in [-0.2, 0) is 6.54 Å². The van der Waals surface area contributed by atoms with Crippen molar-refractivity contribution in [3.05, 3.63) is 83.8 Å². The van der Waals surface area contributed by atoms with Crippen LogP contribution in [0.25, 0.3) is 10.9 Å². The van der Waals surface area contributed by atoms with Gasteiger partial charge >= 0.3 is 0 Å². The second-order valence-electron chi connectivity index (χ2n) is 6.21. The number of para-hydroxylation sites is 1. The molecule has 5 heteroatoms. The van der Waals surface area contributed by atoms with Gasteiger partial charge in [0.25, 0.3) is 0 Å². The molecule has 0 radical (unpaired) electrons. The van der Waals surface area contributed by atoms with E-state index in [1.54, 1.807) is 6.20 Å². The third-order valence-electron chi connectivity index (χ3n) is 4.38. The van der Waals surface area contributed by atoms with Gasteiger partial charge in [0.2, 0.25) is 0 Å². The number of thioether (sulfide) groups is 1. The average Bonchev–Trinajstić information content (AvgIpc) is 3.23. The first-order valence-electron chi connectivity index (χ1n) is 8.51. The number of Topliss-reactive ketones (excluding diaryl/α,β-unsaturated/α-hetero) is 1. The van der Waals surface area contributed by atoms with Crippen molar-refractivity contribution in [1.82, 2.24) is 14.5 Å². The molecule has 0 bridgehead atoms. The van der Waals surface area contributed by atoms with Crippen LogP contribution >= 0.6 is 11.8 Å². The number of aromatic nitrogens is 3. The van der Waals surface area contributed by atoms with E-state index in [1.807, 2.05) is 55.6 Å². The molecular weight excluding hydrogens is 342 g/mol. The number of carbonyl (C=O) groups is 1. The van der Waals surface area contributed by atoms with Gasteiger partial charge in [-0.05, 0) is 18.6 Å². The molecule has 0 atom stereocenters. The highest BCUT2D eigenvalue weighted by Crippen LogP contribution is 2.25. The molecule has 0 aliphatic rings. The maximum absolute atomic E-state index is 12.8. The molecule has 0 amide bonds. The molecule has 0 spiro atoms. The third kappa shape index (κ3) is 3.30.